The summed E-state index contributed by atoms with van der Waals surface area (Å²) in [6.45, 7) is 0.160. The van der Waals surface area contributed by atoms with E-state index in [1.165, 1.54) is 48.0 Å². The Balaban J connectivity index is 1.56. The second-order valence-electron chi connectivity index (χ2n) is 7.66. The standard InChI is InChI=1S/C26H20BrFN2O5S/c1-30-24(31)23(36-26(30)29-19-8-6-16(7-9-19)25(32)33)12-17-11-21(34-2)22(13-20(17)27)35-14-15-4-3-5-18(28)10-15/h3-13H,14H2,1-2H3,(H,32,33)/b23-12-,29-26?. The molecule has 0 aliphatic carbocycles. The molecule has 36 heavy (non-hydrogen) atoms. The van der Waals surface area contributed by atoms with Crippen LogP contribution in [0.15, 0.2) is 75.0 Å². The molecule has 0 radical (unpaired) electrons. The number of rotatable bonds is 7. The number of carbonyl (C=O) groups excluding carboxylic acids is 1. The maximum Gasteiger partial charge on any atom is 0.335 e. The molecule has 1 aliphatic heterocycles. The molecule has 10 heteroatoms. The van der Waals surface area contributed by atoms with E-state index in [1.54, 1.807) is 49.5 Å². The van der Waals surface area contributed by atoms with Crippen molar-refractivity contribution in [3.05, 3.63) is 92.5 Å². The summed E-state index contributed by atoms with van der Waals surface area (Å²) in [5.74, 6) is -0.662. The minimum Gasteiger partial charge on any atom is -0.493 e. The van der Waals surface area contributed by atoms with Crippen LogP contribution in [0.3, 0.4) is 0 Å². The molecule has 3 aromatic carbocycles. The van der Waals surface area contributed by atoms with Crippen molar-refractivity contribution in [2.24, 2.45) is 4.99 Å². The molecule has 0 atom stereocenters. The number of benzene rings is 3. The number of aliphatic imine (C=N–C) groups is 1. The van der Waals surface area contributed by atoms with E-state index < -0.39 is 5.97 Å². The fraction of sp³-hybridized carbons (Fsp3) is 0.115. The van der Waals surface area contributed by atoms with E-state index >= 15 is 0 Å². The average molecular weight is 571 g/mol. The second kappa shape index (κ2) is 11.0. The van der Waals surface area contributed by atoms with E-state index in [4.69, 9.17) is 14.6 Å². The highest BCUT2D eigenvalue weighted by Crippen LogP contribution is 2.38. The molecule has 0 aromatic heterocycles. The minimum absolute atomic E-state index is 0.158. The lowest BCUT2D eigenvalue weighted by Gasteiger charge is -2.13. The summed E-state index contributed by atoms with van der Waals surface area (Å²) < 4.78 is 25.4. The molecule has 184 valence electrons. The van der Waals surface area contributed by atoms with Gasteiger partial charge in [-0.05, 0) is 77.5 Å². The number of thioether (sulfide) groups is 1. The van der Waals surface area contributed by atoms with Gasteiger partial charge in [-0.3, -0.25) is 9.69 Å². The number of nitrogens with zero attached hydrogens (tertiary/aromatic N) is 2. The molecule has 0 bridgehead atoms. The highest BCUT2D eigenvalue weighted by molar-refractivity contribution is 9.10. The van der Waals surface area contributed by atoms with Crippen LogP contribution >= 0.6 is 27.7 Å². The summed E-state index contributed by atoms with van der Waals surface area (Å²) in [7, 11) is 3.14. The van der Waals surface area contributed by atoms with Gasteiger partial charge >= 0.3 is 5.97 Å². The maximum atomic E-state index is 13.4. The number of halogens is 2. The number of amidine groups is 1. The summed E-state index contributed by atoms with van der Waals surface area (Å²) in [4.78, 5) is 30.3. The van der Waals surface area contributed by atoms with Gasteiger partial charge < -0.3 is 14.6 Å². The summed E-state index contributed by atoms with van der Waals surface area (Å²) in [6, 6.07) is 15.7. The quantitative estimate of drug-likeness (QED) is 0.345. The Bertz CT molecular complexity index is 1390. The summed E-state index contributed by atoms with van der Waals surface area (Å²) in [6.07, 6.45) is 1.72. The molecule has 0 unspecified atom stereocenters. The van der Waals surface area contributed by atoms with Gasteiger partial charge in [-0.25, -0.2) is 14.2 Å². The molecule has 1 amide bonds. The Morgan fingerprint density at radius 2 is 1.92 bits per heavy atom. The lowest BCUT2D eigenvalue weighted by Crippen LogP contribution is -2.23. The van der Waals surface area contributed by atoms with Crippen LogP contribution in [0.25, 0.3) is 6.08 Å². The molecule has 1 aliphatic rings. The smallest absolute Gasteiger partial charge is 0.335 e. The third kappa shape index (κ3) is 5.77. The van der Waals surface area contributed by atoms with E-state index in [0.29, 0.717) is 42.9 Å². The maximum absolute atomic E-state index is 13.4. The van der Waals surface area contributed by atoms with E-state index in [9.17, 15) is 14.0 Å². The number of carboxylic acids is 1. The number of likely N-dealkylation sites (N-methyl/N-ethyl adjacent to an activating group) is 1. The predicted octanol–water partition coefficient (Wildman–Crippen LogP) is 6.11. The molecule has 1 fully saturated rings. The summed E-state index contributed by atoms with van der Waals surface area (Å²) in [5.41, 5.74) is 2.07. The lowest BCUT2D eigenvalue weighted by atomic mass is 10.1. The van der Waals surface area contributed by atoms with Crippen molar-refractivity contribution < 1.29 is 28.6 Å². The molecule has 7 nitrogen and oxygen atoms in total. The normalized spacial score (nSPS) is 15.6. The molecule has 1 saturated heterocycles. The first-order valence-corrected chi connectivity index (χ1v) is 12.2. The van der Waals surface area contributed by atoms with Gasteiger partial charge in [0.25, 0.3) is 5.91 Å². The van der Waals surface area contributed by atoms with Gasteiger partial charge in [0.1, 0.15) is 12.4 Å². The number of aromatic carboxylic acids is 1. The van der Waals surface area contributed by atoms with Crippen LogP contribution in [0.2, 0.25) is 0 Å². The van der Waals surface area contributed by atoms with Crippen LogP contribution in [0.4, 0.5) is 10.1 Å². The van der Waals surface area contributed by atoms with E-state index in [2.05, 4.69) is 20.9 Å². The van der Waals surface area contributed by atoms with E-state index in [1.807, 2.05) is 0 Å². The zero-order valence-corrected chi connectivity index (χ0v) is 21.6. The van der Waals surface area contributed by atoms with Crippen molar-refractivity contribution in [2.45, 2.75) is 6.61 Å². The number of hydrogen-bond donors (Lipinski definition) is 1. The largest absolute Gasteiger partial charge is 0.493 e. The number of methoxy groups -OCH3 is 1. The minimum atomic E-state index is -1.02. The Kier molecular flexibility index (Phi) is 7.76. The Morgan fingerprint density at radius 1 is 1.17 bits per heavy atom. The van der Waals surface area contributed by atoms with Crippen molar-refractivity contribution in [3.63, 3.8) is 0 Å². The van der Waals surface area contributed by atoms with Gasteiger partial charge in [0.05, 0.1) is 23.3 Å². The Hall–Kier alpha value is -3.63. The zero-order chi connectivity index (χ0) is 25.8. The monoisotopic (exact) mass is 570 g/mol. The van der Waals surface area contributed by atoms with Crippen LogP contribution in [-0.2, 0) is 11.4 Å². The first-order valence-electron chi connectivity index (χ1n) is 10.6. The van der Waals surface area contributed by atoms with Crippen molar-refractivity contribution >= 4 is 56.5 Å². The summed E-state index contributed by atoms with van der Waals surface area (Å²) >= 11 is 4.73. The molecular formula is C26H20BrFN2O5S. The molecule has 4 rings (SSSR count). The lowest BCUT2D eigenvalue weighted by molar-refractivity contribution is -0.121. The van der Waals surface area contributed by atoms with Gasteiger partial charge in [0.15, 0.2) is 16.7 Å². The first-order chi connectivity index (χ1) is 17.2. The van der Waals surface area contributed by atoms with Crippen molar-refractivity contribution in [1.29, 1.82) is 0 Å². The fourth-order valence-corrected chi connectivity index (χ4v) is 4.72. The topological polar surface area (TPSA) is 88.4 Å². The van der Waals surface area contributed by atoms with E-state index in [0.717, 1.165) is 0 Å². The molecular weight excluding hydrogens is 551 g/mol. The van der Waals surface area contributed by atoms with Gasteiger partial charge in [-0.1, -0.05) is 28.1 Å². The average Bonchev–Trinajstić information content (AvgIpc) is 3.12. The molecule has 3 aromatic rings. The summed E-state index contributed by atoms with van der Waals surface area (Å²) in [5, 5.41) is 9.51. The third-order valence-corrected chi connectivity index (χ3v) is 6.94. The highest BCUT2D eigenvalue weighted by Gasteiger charge is 2.30. The predicted molar refractivity (Wildman–Crippen MR) is 140 cm³/mol. The van der Waals surface area contributed by atoms with Crippen molar-refractivity contribution in [1.82, 2.24) is 4.90 Å². The number of hydrogen-bond acceptors (Lipinski definition) is 6. The van der Waals surface area contributed by atoms with Crippen molar-refractivity contribution in [2.75, 3.05) is 14.2 Å². The molecule has 0 saturated carbocycles. The number of carbonyl (C=O) groups is 2. The number of ether oxygens (including phenoxy) is 2. The van der Waals surface area contributed by atoms with Crippen LogP contribution in [0.1, 0.15) is 21.5 Å². The molecule has 0 spiro atoms. The highest BCUT2D eigenvalue weighted by atomic mass is 79.9. The second-order valence-corrected chi connectivity index (χ2v) is 9.53. The van der Waals surface area contributed by atoms with E-state index in [-0.39, 0.29) is 23.9 Å². The van der Waals surface area contributed by atoms with Gasteiger partial charge in [0.2, 0.25) is 0 Å². The van der Waals surface area contributed by atoms with Crippen LogP contribution in [0.5, 0.6) is 11.5 Å². The fourth-order valence-electron chi connectivity index (χ4n) is 3.30. The number of carboxylic acid groups (broad SMARTS) is 1. The van der Waals surface area contributed by atoms with Crippen molar-refractivity contribution in [3.8, 4) is 11.5 Å². The third-order valence-electron chi connectivity index (χ3n) is 5.20. The zero-order valence-electron chi connectivity index (χ0n) is 19.2. The first kappa shape index (κ1) is 25.5. The Labute approximate surface area is 219 Å². The SMILES string of the molecule is COc1cc(/C=C2\SC(=Nc3ccc(C(=O)O)cc3)N(C)C2=O)c(Br)cc1OCc1cccc(F)c1. The van der Waals surface area contributed by atoms with Gasteiger partial charge in [-0.15, -0.1) is 0 Å². The number of amides is 1. The molecule has 1 heterocycles. The molecule has 1 N–H and O–H groups in total. The van der Waals surface area contributed by atoms with Crippen LogP contribution in [-0.4, -0.2) is 41.2 Å². The van der Waals surface area contributed by atoms with Crippen LogP contribution in [0, 0.1) is 5.82 Å². The van der Waals surface area contributed by atoms with Gasteiger partial charge in [-0.2, -0.15) is 0 Å². The van der Waals surface area contributed by atoms with Crippen LogP contribution < -0.4 is 9.47 Å². The van der Waals surface area contributed by atoms with Gasteiger partial charge in [0, 0.05) is 11.5 Å². The Morgan fingerprint density at radius 3 is 2.58 bits per heavy atom.